The van der Waals surface area contributed by atoms with E-state index in [0.29, 0.717) is 12.1 Å². The van der Waals surface area contributed by atoms with Crippen molar-refractivity contribution in [3.8, 4) is 22.8 Å². The van der Waals surface area contributed by atoms with Crippen LogP contribution in [0.4, 0.5) is 18.9 Å². The number of carbonyl (C=O) groups excluding carboxylic acids is 1. The largest absolute Gasteiger partial charge is 0.573 e. The van der Waals surface area contributed by atoms with Crippen LogP contribution in [0.2, 0.25) is 0 Å². The monoisotopic (exact) mass is 362 g/mol. The minimum Gasteiger partial charge on any atom is -0.502 e. The molecule has 0 aliphatic carbocycles. The molecule has 2 N–H and O–H groups in total. The molecule has 1 heterocycles. The molecule has 0 atom stereocenters. The third-order valence-electron chi connectivity index (χ3n) is 2.77. The van der Waals surface area contributed by atoms with E-state index in [1.165, 1.54) is 6.92 Å². The van der Waals surface area contributed by atoms with E-state index in [9.17, 15) is 33.2 Å². The van der Waals surface area contributed by atoms with Gasteiger partial charge in [-0.1, -0.05) is 0 Å². The Morgan fingerprint density at radius 1 is 1.40 bits per heavy atom. The zero-order valence-electron chi connectivity index (χ0n) is 12.3. The number of nitro groups is 1. The standard InChI is InChI=1S/C12H9F3N4O6/c1-2-24-11(21)9-8(16-18-17-9)6-3-5(25-12(13,14)15)4-7(10(6)20)19(22)23/h3-4,20H,2H2,1H3,(H,16,17,18). The highest BCUT2D eigenvalue weighted by Crippen LogP contribution is 2.41. The number of aromatic hydroxyl groups is 1. The second-order valence-corrected chi connectivity index (χ2v) is 4.38. The number of alkyl halides is 3. The van der Waals surface area contributed by atoms with Crippen molar-refractivity contribution in [1.29, 1.82) is 0 Å². The summed E-state index contributed by atoms with van der Waals surface area (Å²) in [6.45, 7) is 1.46. The van der Waals surface area contributed by atoms with E-state index in [2.05, 4.69) is 19.7 Å². The van der Waals surface area contributed by atoms with Crippen molar-refractivity contribution in [1.82, 2.24) is 15.4 Å². The van der Waals surface area contributed by atoms with Gasteiger partial charge in [-0.05, 0) is 13.0 Å². The molecule has 2 aromatic rings. The Labute approximate surface area is 136 Å². The molecule has 0 unspecified atom stereocenters. The first-order valence-electron chi connectivity index (χ1n) is 6.49. The van der Waals surface area contributed by atoms with Gasteiger partial charge in [0.15, 0.2) is 5.69 Å². The van der Waals surface area contributed by atoms with Gasteiger partial charge in [0.25, 0.3) is 0 Å². The topological polar surface area (TPSA) is 140 Å². The van der Waals surface area contributed by atoms with E-state index >= 15 is 0 Å². The fraction of sp³-hybridized carbons (Fsp3) is 0.250. The summed E-state index contributed by atoms with van der Waals surface area (Å²) < 4.78 is 45.5. The molecule has 2 rings (SSSR count). The van der Waals surface area contributed by atoms with Crippen LogP contribution in [0.5, 0.6) is 11.5 Å². The minimum atomic E-state index is -5.13. The molecule has 0 radical (unpaired) electrons. The maximum atomic E-state index is 12.4. The Hall–Kier alpha value is -3.38. The van der Waals surface area contributed by atoms with Crippen LogP contribution in [0.3, 0.4) is 0 Å². The van der Waals surface area contributed by atoms with E-state index in [1.54, 1.807) is 0 Å². The molecular formula is C12H9F3N4O6. The van der Waals surface area contributed by atoms with Gasteiger partial charge in [0, 0.05) is 0 Å². The highest BCUT2D eigenvalue weighted by atomic mass is 19.4. The van der Waals surface area contributed by atoms with Gasteiger partial charge in [0.05, 0.1) is 23.2 Å². The molecule has 0 aliphatic rings. The number of nitro benzene ring substituents is 1. The van der Waals surface area contributed by atoms with Gasteiger partial charge in [-0.2, -0.15) is 10.3 Å². The number of phenols is 1. The van der Waals surface area contributed by atoms with Crippen molar-refractivity contribution in [3.05, 3.63) is 27.9 Å². The van der Waals surface area contributed by atoms with Crippen LogP contribution in [-0.2, 0) is 4.74 Å². The van der Waals surface area contributed by atoms with Crippen LogP contribution in [0.25, 0.3) is 11.3 Å². The van der Waals surface area contributed by atoms with Crippen molar-refractivity contribution >= 4 is 11.7 Å². The number of rotatable bonds is 5. The van der Waals surface area contributed by atoms with Gasteiger partial charge in [-0.3, -0.25) is 10.1 Å². The Bertz CT molecular complexity index is 820. The molecular weight excluding hydrogens is 353 g/mol. The van der Waals surface area contributed by atoms with E-state index in [-0.39, 0.29) is 6.61 Å². The van der Waals surface area contributed by atoms with Crippen LogP contribution in [0.1, 0.15) is 17.4 Å². The van der Waals surface area contributed by atoms with Gasteiger partial charge in [0.1, 0.15) is 11.4 Å². The highest BCUT2D eigenvalue weighted by Gasteiger charge is 2.34. The highest BCUT2D eigenvalue weighted by molar-refractivity contribution is 5.95. The molecule has 25 heavy (non-hydrogen) atoms. The molecule has 0 spiro atoms. The Morgan fingerprint density at radius 3 is 2.64 bits per heavy atom. The fourth-order valence-corrected chi connectivity index (χ4v) is 1.87. The van der Waals surface area contributed by atoms with Crippen molar-refractivity contribution in [2.24, 2.45) is 0 Å². The Morgan fingerprint density at radius 2 is 2.08 bits per heavy atom. The number of carbonyl (C=O) groups is 1. The van der Waals surface area contributed by atoms with Crippen LogP contribution in [-0.4, -0.2) is 44.4 Å². The Balaban J connectivity index is 2.63. The number of benzene rings is 1. The number of esters is 1. The molecule has 13 heteroatoms. The predicted molar refractivity (Wildman–Crippen MR) is 72.8 cm³/mol. The number of aromatic nitrogens is 3. The summed E-state index contributed by atoms with van der Waals surface area (Å²) in [6, 6.07) is 1.02. The molecule has 0 amide bonds. The zero-order chi connectivity index (χ0) is 18.8. The predicted octanol–water partition coefficient (Wildman–Crippen LogP) is 2.16. The number of hydrogen-bond donors (Lipinski definition) is 2. The van der Waals surface area contributed by atoms with Crippen molar-refractivity contribution < 1.29 is 37.5 Å². The van der Waals surface area contributed by atoms with Gasteiger partial charge in [-0.25, -0.2) is 4.79 Å². The lowest BCUT2D eigenvalue weighted by molar-refractivity contribution is -0.386. The van der Waals surface area contributed by atoms with Gasteiger partial charge in [0.2, 0.25) is 5.75 Å². The van der Waals surface area contributed by atoms with Crippen LogP contribution < -0.4 is 4.74 Å². The summed E-state index contributed by atoms with van der Waals surface area (Å²) in [6.07, 6.45) is -5.13. The number of ether oxygens (including phenoxy) is 2. The SMILES string of the molecule is CCOC(=O)c1n[nH]nc1-c1cc(OC(F)(F)F)cc([N+](=O)[O-])c1O. The van der Waals surface area contributed by atoms with E-state index in [0.717, 1.165) is 0 Å². The van der Waals surface area contributed by atoms with Crippen molar-refractivity contribution in [3.63, 3.8) is 0 Å². The number of hydrogen-bond acceptors (Lipinski definition) is 8. The lowest BCUT2D eigenvalue weighted by Gasteiger charge is -2.11. The number of nitrogens with zero attached hydrogens (tertiary/aromatic N) is 3. The maximum absolute atomic E-state index is 12.4. The van der Waals surface area contributed by atoms with E-state index in [4.69, 9.17) is 0 Å². The third kappa shape index (κ3) is 3.94. The van der Waals surface area contributed by atoms with E-state index in [1.807, 2.05) is 5.21 Å². The van der Waals surface area contributed by atoms with Crippen LogP contribution in [0.15, 0.2) is 12.1 Å². The summed E-state index contributed by atoms with van der Waals surface area (Å²) >= 11 is 0. The zero-order valence-corrected chi connectivity index (χ0v) is 12.3. The first-order valence-corrected chi connectivity index (χ1v) is 6.49. The smallest absolute Gasteiger partial charge is 0.502 e. The van der Waals surface area contributed by atoms with Gasteiger partial charge < -0.3 is 14.6 Å². The number of H-pyrrole nitrogens is 1. The van der Waals surface area contributed by atoms with Crippen LogP contribution in [0, 0.1) is 10.1 Å². The number of phenolic OH excluding ortho intramolecular Hbond substituents is 1. The first kappa shape index (κ1) is 18.0. The summed E-state index contributed by atoms with van der Waals surface area (Å²) in [7, 11) is 0. The van der Waals surface area contributed by atoms with Crippen LogP contribution >= 0.6 is 0 Å². The number of halogens is 3. The third-order valence-corrected chi connectivity index (χ3v) is 2.77. The Kier molecular flexibility index (Phi) is 4.76. The van der Waals surface area contributed by atoms with Crippen molar-refractivity contribution in [2.45, 2.75) is 13.3 Å². The quantitative estimate of drug-likeness (QED) is 0.468. The summed E-state index contributed by atoms with van der Waals surface area (Å²) in [5.41, 5.74) is -2.55. The van der Waals surface area contributed by atoms with Crippen molar-refractivity contribution in [2.75, 3.05) is 6.61 Å². The number of nitrogens with one attached hydrogen (secondary N) is 1. The summed E-state index contributed by atoms with van der Waals surface area (Å²) in [4.78, 5) is 21.6. The molecule has 1 aromatic carbocycles. The van der Waals surface area contributed by atoms with Gasteiger partial charge in [-0.15, -0.1) is 18.3 Å². The van der Waals surface area contributed by atoms with Gasteiger partial charge >= 0.3 is 18.0 Å². The summed E-state index contributed by atoms with van der Waals surface area (Å²) in [5, 5.41) is 30.0. The molecule has 1 aromatic heterocycles. The molecule has 134 valence electrons. The van der Waals surface area contributed by atoms with E-state index < -0.39 is 51.4 Å². The molecule has 0 bridgehead atoms. The molecule has 0 aliphatic heterocycles. The number of aromatic amines is 1. The molecule has 0 saturated heterocycles. The lowest BCUT2D eigenvalue weighted by Crippen LogP contribution is -2.17. The molecule has 0 saturated carbocycles. The lowest BCUT2D eigenvalue weighted by atomic mass is 10.1. The second-order valence-electron chi connectivity index (χ2n) is 4.38. The average Bonchev–Trinajstić information content (AvgIpc) is 2.96. The second kappa shape index (κ2) is 6.62. The summed E-state index contributed by atoms with van der Waals surface area (Å²) in [5.74, 6) is -2.99. The minimum absolute atomic E-state index is 0.0332. The maximum Gasteiger partial charge on any atom is 0.573 e. The normalized spacial score (nSPS) is 11.2. The first-order chi connectivity index (χ1) is 11.6. The molecule has 10 nitrogen and oxygen atoms in total. The average molecular weight is 362 g/mol. The molecule has 0 fully saturated rings. The fourth-order valence-electron chi connectivity index (χ4n) is 1.87.